The number of ether oxygens (including phenoxy) is 2. The number of nitro benzene ring substituents is 1. The molecule has 0 fully saturated rings. The van der Waals surface area contributed by atoms with Gasteiger partial charge in [0.05, 0.1) is 30.4 Å². The number of benzene rings is 2. The summed E-state index contributed by atoms with van der Waals surface area (Å²) in [6, 6.07) is 14.6. The first kappa shape index (κ1) is 21.1. The molecule has 0 aliphatic heterocycles. The van der Waals surface area contributed by atoms with Gasteiger partial charge in [0.1, 0.15) is 5.76 Å². The van der Waals surface area contributed by atoms with Crippen LogP contribution in [0.3, 0.4) is 0 Å². The van der Waals surface area contributed by atoms with Crippen LogP contribution < -0.4 is 14.8 Å². The van der Waals surface area contributed by atoms with Gasteiger partial charge >= 0.3 is 0 Å². The monoisotopic (exact) mass is 451 g/mol. The number of carbonyl (C=O) groups is 1. The highest BCUT2D eigenvalue weighted by Gasteiger charge is 2.20. The first-order valence-electron chi connectivity index (χ1n) is 9.33. The lowest BCUT2D eigenvalue weighted by Gasteiger charge is -2.08. The van der Waals surface area contributed by atoms with Crippen molar-refractivity contribution in [3.8, 4) is 34.1 Å². The van der Waals surface area contributed by atoms with Gasteiger partial charge in [0.2, 0.25) is 0 Å². The van der Waals surface area contributed by atoms with Crippen LogP contribution in [0, 0.1) is 10.1 Å². The summed E-state index contributed by atoms with van der Waals surface area (Å²) in [5, 5.41) is 16.1. The van der Waals surface area contributed by atoms with E-state index < -0.39 is 10.8 Å². The number of nitro groups is 1. The van der Waals surface area contributed by atoms with Gasteiger partial charge in [-0.15, -0.1) is 11.3 Å². The smallest absolute Gasteiger partial charge is 0.293 e. The van der Waals surface area contributed by atoms with Crippen LogP contribution in [-0.4, -0.2) is 30.0 Å². The van der Waals surface area contributed by atoms with Gasteiger partial charge in [0.25, 0.3) is 11.6 Å². The van der Waals surface area contributed by atoms with Gasteiger partial charge in [0, 0.05) is 17.0 Å². The van der Waals surface area contributed by atoms with Crippen molar-refractivity contribution in [2.24, 2.45) is 0 Å². The number of aromatic nitrogens is 1. The SMILES string of the molecule is COc1ccc(-c2csc(NC(=O)c3ccc(-c4ccccc4[N+](=O)[O-])o3)n2)cc1OC. The van der Waals surface area contributed by atoms with Crippen molar-refractivity contribution >= 4 is 28.1 Å². The van der Waals surface area contributed by atoms with Gasteiger partial charge < -0.3 is 13.9 Å². The van der Waals surface area contributed by atoms with Crippen LogP contribution >= 0.6 is 11.3 Å². The highest BCUT2D eigenvalue weighted by Crippen LogP contribution is 2.34. The lowest BCUT2D eigenvalue weighted by molar-refractivity contribution is -0.384. The second kappa shape index (κ2) is 8.90. The summed E-state index contributed by atoms with van der Waals surface area (Å²) in [5.41, 5.74) is 1.65. The molecule has 1 N–H and O–H groups in total. The maximum atomic E-state index is 12.6. The summed E-state index contributed by atoms with van der Waals surface area (Å²) in [4.78, 5) is 27.8. The molecule has 10 heteroatoms. The Morgan fingerprint density at radius 2 is 1.88 bits per heavy atom. The lowest BCUT2D eigenvalue weighted by atomic mass is 10.1. The Kier molecular flexibility index (Phi) is 5.86. The maximum Gasteiger partial charge on any atom is 0.293 e. The minimum atomic E-state index is -0.511. The van der Waals surface area contributed by atoms with Crippen molar-refractivity contribution in [1.82, 2.24) is 4.98 Å². The summed E-state index contributed by atoms with van der Waals surface area (Å²) < 4.78 is 16.1. The first-order valence-corrected chi connectivity index (χ1v) is 10.2. The van der Waals surface area contributed by atoms with Gasteiger partial charge in [-0.05, 0) is 36.4 Å². The number of para-hydroxylation sites is 1. The highest BCUT2D eigenvalue weighted by atomic mass is 32.1. The number of thiazole rings is 1. The third-order valence-corrected chi connectivity index (χ3v) is 5.36. The number of methoxy groups -OCH3 is 2. The highest BCUT2D eigenvalue weighted by molar-refractivity contribution is 7.14. The number of carbonyl (C=O) groups excluding carboxylic acids is 1. The fraction of sp³-hybridized carbons (Fsp3) is 0.0909. The van der Waals surface area contributed by atoms with Gasteiger partial charge in [-0.25, -0.2) is 4.98 Å². The Morgan fingerprint density at radius 1 is 1.09 bits per heavy atom. The average Bonchev–Trinajstić information content (AvgIpc) is 3.48. The quantitative estimate of drug-likeness (QED) is 0.301. The van der Waals surface area contributed by atoms with E-state index in [2.05, 4.69) is 10.3 Å². The molecule has 1 amide bonds. The molecule has 4 rings (SSSR count). The normalized spacial score (nSPS) is 10.6. The Balaban J connectivity index is 1.52. The fourth-order valence-electron chi connectivity index (χ4n) is 3.06. The van der Waals surface area contributed by atoms with Crippen molar-refractivity contribution in [3.63, 3.8) is 0 Å². The van der Waals surface area contributed by atoms with E-state index in [1.54, 1.807) is 49.9 Å². The standard InChI is InChI=1S/C22H17N3O6S/c1-29-18-8-7-13(11-20(18)30-2)15-12-32-22(23-15)24-21(26)19-10-9-17(31-19)14-5-3-4-6-16(14)25(27)28/h3-12H,1-2H3,(H,23,24,26). The van der Waals surface area contributed by atoms with Gasteiger partial charge in [-0.2, -0.15) is 0 Å². The van der Waals surface area contributed by atoms with Crippen molar-refractivity contribution < 1.29 is 23.6 Å². The van der Waals surface area contributed by atoms with Crippen LogP contribution in [0.5, 0.6) is 11.5 Å². The van der Waals surface area contributed by atoms with E-state index in [0.29, 0.717) is 27.9 Å². The van der Waals surface area contributed by atoms with Gasteiger partial charge in [0.15, 0.2) is 22.4 Å². The summed E-state index contributed by atoms with van der Waals surface area (Å²) >= 11 is 1.25. The third-order valence-electron chi connectivity index (χ3n) is 4.60. The van der Waals surface area contributed by atoms with Crippen LogP contribution in [0.25, 0.3) is 22.6 Å². The summed E-state index contributed by atoms with van der Waals surface area (Å²) in [7, 11) is 3.11. The van der Waals surface area contributed by atoms with Crippen molar-refractivity contribution in [2.45, 2.75) is 0 Å². The molecule has 0 radical (unpaired) electrons. The molecule has 0 spiro atoms. The minimum Gasteiger partial charge on any atom is -0.493 e. The number of anilines is 1. The molecule has 2 aromatic heterocycles. The average molecular weight is 451 g/mol. The first-order chi connectivity index (χ1) is 15.5. The van der Waals surface area contributed by atoms with Crippen molar-refractivity contribution in [1.29, 1.82) is 0 Å². The molecule has 2 aromatic carbocycles. The van der Waals surface area contributed by atoms with E-state index in [9.17, 15) is 14.9 Å². The predicted molar refractivity (Wildman–Crippen MR) is 119 cm³/mol. The largest absolute Gasteiger partial charge is 0.493 e. The van der Waals surface area contributed by atoms with Crippen LogP contribution in [0.1, 0.15) is 10.6 Å². The topological polar surface area (TPSA) is 117 Å². The van der Waals surface area contributed by atoms with Crippen LogP contribution in [-0.2, 0) is 0 Å². The summed E-state index contributed by atoms with van der Waals surface area (Å²) in [6.07, 6.45) is 0. The zero-order valence-corrected chi connectivity index (χ0v) is 17.8. The number of nitrogens with zero attached hydrogens (tertiary/aromatic N) is 2. The number of nitrogens with one attached hydrogen (secondary N) is 1. The molecule has 2 heterocycles. The zero-order valence-electron chi connectivity index (χ0n) is 17.0. The fourth-order valence-corrected chi connectivity index (χ4v) is 3.78. The van der Waals surface area contributed by atoms with Crippen LogP contribution in [0.2, 0.25) is 0 Å². The van der Waals surface area contributed by atoms with E-state index in [1.807, 2.05) is 6.07 Å². The molecular formula is C22H17N3O6S. The Labute approximate surface area is 186 Å². The molecular weight excluding hydrogens is 434 g/mol. The number of amides is 1. The molecule has 4 aromatic rings. The summed E-state index contributed by atoms with van der Waals surface area (Å²) in [6.45, 7) is 0. The number of furan rings is 1. The number of hydrogen-bond acceptors (Lipinski definition) is 8. The zero-order chi connectivity index (χ0) is 22.7. The molecule has 9 nitrogen and oxygen atoms in total. The summed E-state index contributed by atoms with van der Waals surface area (Å²) in [5.74, 6) is 0.908. The molecule has 162 valence electrons. The van der Waals surface area contributed by atoms with Crippen LogP contribution in [0.15, 0.2) is 64.4 Å². The molecule has 32 heavy (non-hydrogen) atoms. The van der Waals surface area contributed by atoms with Gasteiger partial charge in [-0.3, -0.25) is 20.2 Å². The van der Waals surface area contributed by atoms with E-state index in [4.69, 9.17) is 13.9 Å². The van der Waals surface area contributed by atoms with E-state index in [-0.39, 0.29) is 17.2 Å². The van der Waals surface area contributed by atoms with E-state index in [1.165, 1.54) is 29.5 Å². The minimum absolute atomic E-state index is 0.0148. The molecule has 0 aliphatic rings. The van der Waals surface area contributed by atoms with E-state index >= 15 is 0 Å². The number of rotatable bonds is 7. The molecule has 0 aliphatic carbocycles. The van der Waals surface area contributed by atoms with Crippen LogP contribution in [0.4, 0.5) is 10.8 Å². The molecule has 0 saturated heterocycles. The lowest BCUT2D eigenvalue weighted by Crippen LogP contribution is -2.10. The number of hydrogen-bond donors (Lipinski definition) is 1. The van der Waals surface area contributed by atoms with Crippen molar-refractivity contribution in [3.05, 3.63) is 75.9 Å². The molecule has 0 unspecified atom stereocenters. The predicted octanol–water partition coefficient (Wildman–Crippen LogP) is 5.25. The Hall–Kier alpha value is -4.18. The molecule has 0 saturated carbocycles. The second-order valence-electron chi connectivity index (χ2n) is 6.50. The van der Waals surface area contributed by atoms with Crippen molar-refractivity contribution in [2.75, 3.05) is 19.5 Å². The molecule has 0 bridgehead atoms. The third kappa shape index (κ3) is 4.16. The maximum absolute atomic E-state index is 12.6. The van der Waals surface area contributed by atoms with Gasteiger partial charge in [-0.1, -0.05) is 12.1 Å². The Bertz CT molecular complexity index is 1300. The Morgan fingerprint density at radius 3 is 2.62 bits per heavy atom. The molecule has 0 atom stereocenters. The second-order valence-corrected chi connectivity index (χ2v) is 7.36. The van der Waals surface area contributed by atoms with E-state index in [0.717, 1.165) is 5.56 Å².